The molecule has 0 heterocycles. The summed E-state index contributed by atoms with van der Waals surface area (Å²) in [7, 11) is 0. The summed E-state index contributed by atoms with van der Waals surface area (Å²) in [6.45, 7) is 0.00756. The SMILES string of the molecule is O=C(Nc1cccc2ccccc12)SCCO. The smallest absolute Gasteiger partial charge is 0.283 e. The summed E-state index contributed by atoms with van der Waals surface area (Å²) >= 11 is 1.08. The van der Waals surface area contributed by atoms with Crippen LogP contribution in [0.15, 0.2) is 42.5 Å². The Morgan fingerprint density at radius 1 is 1.18 bits per heavy atom. The zero-order chi connectivity index (χ0) is 12.1. The van der Waals surface area contributed by atoms with Crippen LogP contribution in [0.5, 0.6) is 0 Å². The lowest BCUT2D eigenvalue weighted by atomic mass is 10.1. The van der Waals surface area contributed by atoms with Gasteiger partial charge >= 0.3 is 0 Å². The third kappa shape index (κ3) is 2.99. The van der Waals surface area contributed by atoms with Crippen LogP contribution >= 0.6 is 11.8 Å². The molecular formula is C13H13NO2S. The molecule has 2 N–H and O–H groups in total. The molecule has 0 aliphatic rings. The van der Waals surface area contributed by atoms with E-state index in [1.807, 2.05) is 42.5 Å². The maximum absolute atomic E-state index is 11.6. The van der Waals surface area contributed by atoms with Gasteiger partial charge in [0, 0.05) is 16.8 Å². The number of fused-ring (bicyclic) bond motifs is 1. The number of thioether (sulfide) groups is 1. The Labute approximate surface area is 104 Å². The summed E-state index contributed by atoms with van der Waals surface area (Å²) in [5.41, 5.74) is 0.804. The summed E-state index contributed by atoms with van der Waals surface area (Å²) in [6, 6.07) is 13.7. The lowest BCUT2D eigenvalue weighted by molar-refractivity contribution is 0.269. The summed E-state index contributed by atoms with van der Waals surface area (Å²) < 4.78 is 0. The summed E-state index contributed by atoms with van der Waals surface area (Å²) in [5, 5.41) is 13.5. The summed E-state index contributed by atoms with van der Waals surface area (Å²) in [4.78, 5) is 11.6. The zero-order valence-electron chi connectivity index (χ0n) is 9.22. The molecule has 2 aromatic rings. The number of nitrogens with one attached hydrogen (secondary N) is 1. The second kappa shape index (κ2) is 5.70. The number of rotatable bonds is 3. The first kappa shape index (κ1) is 12.0. The number of carbonyl (C=O) groups is 1. The maximum Gasteiger partial charge on any atom is 0.283 e. The highest BCUT2D eigenvalue weighted by Crippen LogP contribution is 2.23. The van der Waals surface area contributed by atoms with Gasteiger partial charge in [-0.2, -0.15) is 0 Å². The normalized spacial score (nSPS) is 10.4. The second-order valence-electron chi connectivity index (χ2n) is 3.51. The van der Waals surface area contributed by atoms with E-state index in [0.29, 0.717) is 5.75 Å². The Hall–Kier alpha value is -1.52. The lowest BCUT2D eigenvalue weighted by Crippen LogP contribution is -2.06. The highest BCUT2D eigenvalue weighted by molar-refractivity contribution is 8.13. The van der Waals surface area contributed by atoms with Crippen molar-refractivity contribution in [2.24, 2.45) is 0 Å². The molecule has 0 saturated carbocycles. The van der Waals surface area contributed by atoms with E-state index in [0.717, 1.165) is 28.2 Å². The molecule has 3 nitrogen and oxygen atoms in total. The monoisotopic (exact) mass is 247 g/mol. The number of anilines is 1. The fraction of sp³-hybridized carbons (Fsp3) is 0.154. The number of hydrogen-bond donors (Lipinski definition) is 2. The molecule has 0 unspecified atom stereocenters. The third-order valence-corrected chi connectivity index (χ3v) is 3.10. The predicted molar refractivity (Wildman–Crippen MR) is 72.5 cm³/mol. The van der Waals surface area contributed by atoms with E-state index in [9.17, 15) is 4.79 Å². The minimum Gasteiger partial charge on any atom is -0.396 e. The summed E-state index contributed by atoms with van der Waals surface area (Å²) in [5.74, 6) is 0.413. The number of aliphatic hydroxyl groups is 1. The Kier molecular flexibility index (Phi) is 4.01. The molecular weight excluding hydrogens is 234 g/mol. The van der Waals surface area contributed by atoms with Crippen LogP contribution in [-0.4, -0.2) is 22.7 Å². The van der Waals surface area contributed by atoms with Crippen LogP contribution in [0.2, 0.25) is 0 Å². The van der Waals surface area contributed by atoms with Gasteiger partial charge in [-0.25, -0.2) is 0 Å². The van der Waals surface area contributed by atoms with E-state index >= 15 is 0 Å². The quantitative estimate of drug-likeness (QED) is 0.876. The zero-order valence-corrected chi connectivity index (χ0v) is 10.0. The molecule has 0 fully saturated rings. The van der Waals surface area contributed by atoms with E-state index in [2.05, 4.69) is 5.32 Å². The Bertz CT molecular complexity index is 522. The van der Waals surface area contributed by atoms with Gasteiger partial charge in [0.15, 0.2) is 0 Å². The molecule has 17 heavy (non-hydrogen) atoms. The van der Waals surface area contributed by atoms with Gasteiger partial charge in [-0.3, -0.25) is 4.79 Å². The number of aliphatic hydroxyl groups excluding tert-OH is 1. The van der Waals surface area contributed by atoms with Crippen LogP contribution in [0.25, 0.3) is 10.8 Å². The fourth-order valence-corrected chi connectivity index (χ4v) is 2.08. The number of carbonyl (C=O) groups excluding carboxylic acids is 1. The van der Waals surface area contributed by atoms with Crippen LogP contribution in [0.3, 0.4) is 0 Å². The molecule has 88 valence electrons. The second-order valence-corrected chi connectivity index (χ2v) is 4.58. The lowest BCUT2D eigenvalue weighted by Gasteiger charge is -2.07. The van der Waals surface area contributed by atoms with E-state index in [4.69, 9.17) is 5.11 Å². The average molecular weight is 247 g/mol. The van der Waals surface area contributed by atoms with Gasteiger partial charge in [0.2, 0.25) is 0 Å². The molecule has 0 saturated heterocycles. The van der Waals surface area contributed by atoms with Crippen molar-refractivity contribution >= 4 is 33.5 Å². The minimum atomic E-state index is -0.143. The van der Waals surface area contributed by atoms with Crippen molar-refractivity contribution in [3.63, 3.8) is 0 Å². The first-order valence-corrected chi connectivity index (χ1v) is 6.32. The molecule has 1 amide bonds. The Morgan fingerprint density at radius 3 is 2.76 bits per heavy atom. The molecule has 2 aromatic carbocycles. The van der Waals surface area contributed by atoms with Crippen molar-refractivity contribution < 1.29 is 9.90 Å². The molecule has 0 aromatic heterocycles. The molecule has 0 atom stereocenters. The van der Waals surface area contributed by atoms with Crippen LogP contribution in [0.1, 0.15) is 0 Å². The highest BCUT2D eigenvalue weighted by Gasteiger charge is 2.05. The largest absolute Gasteiger partial charge is 0.396 e. The van der Waals surface area contributed by atoms with Crippen molar-refractivity contribution in [2.75, 3.05) is 17.7 Å². The van der Waals surface area contributed by atoms with Gasteiger partial charge in [-0.15, -0.1) is 0 Å². The molecule has 0 bridgehead atoms. The minimum absolute atomic E-state index is 0.00756. The number of amides is 1. The first-order chi connectivity index (χ1) is 8.31. The molecule has 2 rings (SSSR count). The topological polar surface area (TPSA) is 49.3 Å². The van der Waals surface area contributed by atoms with Crippen LogP contribution in [0.4, 0.5) is 10.5 Å². The van der Waals surface area contributed by atoms with Crippen molar-refractivity contribution in [1.29, 1.82) is 0 Å². The predicted octanol–water partition coefficient (Wildman–Crippen LogP) is 3.10. The summed E-state index contributed by atoms with van der Waals surface area (Å²) in [6.07, 6.45) is 0. The number of benzene rings is 2. The maximum atomic E-state index is 11.6. The van der Waals surface area contributed by atoms with Crippen molar-refractivity contribution in [3.05, 3.63) is 42.5 Å². The van der Waals surface area contributed by atoms with Crippen LogP contribution < -0.4 is 5.32 Å². The third-order valence-electron chi connectivity index (χ3n) is 2.35. The molecule has 0 aliphatic carbocycles. The van der Waals surface area contributed by atoms with Crippen LogP contribution in [0, 0.1) is 0 Å². The van der Waals surface area contributed by atoms with Gasteiger partial charge in [0.25, 0.3) is 5.24 Å². The Balaban J connectivity index is 2.21. The van der Waals surface area contributed by atoms with E-state index in [1.165, 1.54) is 0 Å². The van der Waals surface area contributed by atoms with Crippen molar-refractivity contribution in [3.8, 4) is 0 Å². The first-order valence-electron chi connectivity index (χ1n) is 5.33. The van der Waals surface area contributed by atoms with Gasteiger partial charge < -0.3 is 10.4 Å². The van der Waals surface area contributed by atoms with E-state index < -0.39 is 0 Å². The van der Waals surface area contributed by atoms with E-state index in [-0.39, 0.29) is 11.8 Å². The fourth-order valence-electron chi connectivity index (χ4n) is 1.62. The molecule has 0 aliphatic heterocycles. The molecule has 4 heteroatoms. The van der Waals surface area contributed by atoms with Crippen LogP contribution in [-0.2, 0) is 0 Å². The van der Waals surface area contributed by atoms with Gasteiger partial charge in [0.05, 0.1) is 6.61 Å². The van der Waals surface area contributed by atoms with Gasteiger partial charge in [-0.05, 0) is 11.5 Å². The Morgan fingerprint density at radius 2 is 1.94 bits per heavy atom. The average Bonchev–Trinajstić information content (AvgIpc) is 2.37. The standard InChI is InChI=1S/C13H13NO2S/c15-8-9-17-13(16)14-12-7-3-5-10-4-1-2-6-11(10)12/h1-7,15H,8-9H2,(H,14,16). The highest BCUT2D eigenvalue weighted by atomic mass is 32.2. The van der Waals surface area contributed by atoms with Crippen molar-refractivity contribution in [1.82, 2.24) is 0 Å². The van der Waals surface area contributed by atoms with Gasteiger partial charge in [-0.1, -0.05) is 48.2 Å². The van der Waals surface area contributed by atoms with E-state index in [1.54, 1.807) is 0 Å². The molecule has 0 radical (unpaired) electrons. The number of hydrogen-bond acceptors (Lipinski definition) is 3. The molecule has 0 spiro atoms. The van der Waals surface area contributed by atoms with Crippen molar-refractivity contribution in [2.45, 2.75) is 0 Å². The van der Waals surface area contributed by atoms with Gasteiger partial charge in [0.1, 0.15) is 0 Å².